The number of nitrogens with zero attached hydrogens (tertiary/aromatic N) is 3. The Morgan fingerprint density at radius 2 is 1.93 bits per heavy atom. The summed E-state index contributed by atoms with van der Waals surface area (Å²) in [5, 5.41) is 15.6. The van der Waals surface area contributed by atoms with Gasteiger partial charge in [-0.2, -0.15) is 10.2 Å². The van der Waals surface area contributed by atoms with Gasteiger partial charge in [0.25, 0.3) is 5.91 Å². The molecular formula is C23H25N5O2. The predicted octanol–water partition coefficient (Wildman–Crippen LogP) is 4.35. The molecule has 0 atom stereocenters. The fourth-order valence-corrected chi connectivity index (χ4v) is 3.74. The second-order valence-electron chi connectivity index (χ2n) is 7.19. The zero-order valence-corrected chi connectivity index (χ0v) is 17.6. The predicted molar refractivity (Wildman–Crippen MR) is 118 cm³/mol. The van der Waals surface area contributed by atoms with Crippen molar-refractivity contribution in [2.45, 2.75) is 26.7 Å². The van der Waals surface area contributed by atoms with Crippen LogP contribution in [0.4, 0.5) is 5.69 Å². The van der Waals surface area contributed by atoms with Crippen LogP contribution in [0, 0.1) is 0 Å². The van der Waals surface area contributed by atoms with Crippen LogP contribution in [-0.4, -0.2) is 33.0 Å². The lowest BCUT2D eigenvalue weighted by Gasteiger charge is -2.16. The van der Waals surface area contributed by atoms with Crippen LogP contribution in [0.2, 0.25) is 0 Å². The first-order valence-corrected chi connectivity index (χ1v) is 10.0. The number of para-hydroxylation sites is 1. The van der Waals surface area contributed by atoms with Gasteiger partial charge in [0.15, 0.2) is 0 Å². The Bertz CT molecular complexity index is 1200. The third kappa shape index (κ3) is 3.43. The van der Waals surface area contributed by atoms with Crippen LogP contribution < -0.4 is 10.1 Å². The fraction of sp³-hybridized carbons (Fsp3) is 0.261. The third-order valence-electron chi connectivity index (χ3n) is 5.34. The molecule has 2 heterocycles. The van der Waals surface area contributed by atoms with Crippen molar-refractivity contribution in [3.8, 4) is 17.0 Å². The van der Waals surface area contributed by atoms with Crippen molar-refractivity contribution >= 4 is 22.5 Å². The van der Waals surface area contributed by atoms with E-state index in [1.54, 1.807) is 18.0 Å². The van der Waals surface area contributed by atoms with Gasteiger partial charge in [0.2, 0.25) is 0 Å². The Morgan fingerprint density at radius 3 is 2.53 bits per heavy atom. The zero-order chi connectivity index (χ0) is 21.3. The summed E-state index contributed by atoms with van der Waals surface area (Å²) in [6.45, 7) is 4.17. The number of hydrogen-bond acceptors (Lipinski definition) is 4. The Labute approximate surface area is 175 Å². The first kappa shape index (κ1) is 19.7. The molecule has 0 unspecified atom stereocenters. The summed E-state index contributed by atoms with van der Waals surface area (Å²) in [6.07, 6.45) is 5.33. The van der Waals surface area contributed by atoms with E-state index in [2.05, 4.69) is 34.5 Å². The molecule has 0 spiro atoms. The number of anilines is 1. The molecule has 1 amide bonds. The number of aryl methyl sites for hydroxylation is 3. The molecule has 4 aromatic rings. The number of aromatic amines is 1. The van der Waals surface area contributed by atoms with Crippen molar-refractivity contribution in [2.24, 2.45) is 7.05 Å². The van der Waals surface area contributed by atoms with Gasteiger partial charge >= 0.3 is 0 Å². The number of aromatic nitrogens is 4. The minimum atomic E-state index is -0.206. The minimum absolute atomic E-state index is 0.206. The van der Waals surface area contributed by atoms with Gasteiger partial charge in [-0.25, -0.2) is 0 Å². The van der Waals surface area contributed by atoms with Crippen LogP contribution >= 0.6 is 0 Å². The summed E-state index contributed by atoms with van der Waals surface area (Å²) in [5.74, 6) is 0.288. The summed E-state index contributed by atoms with van der Waals surface area (Å²) in [6, 6.07) is 9.77. The zero-order valence-electron chi connectivity index (χ0n) is 17.6. The van der Waals surface area contributed by atoms with E-state index in [1.807, 2.05) is 43.6 Å². The van der Waals surface area contributed by atoms with E-state index in [-0.39, 0.29) is 5.91 Å². The number of benzene rings is 2. The van der Waals surface area contributed by atoms with E-state index in [1.165, 1.54) is 0 Å². The monoisotopic (exact) mass is 403 g/mol. The molecule has 0 saturated heterocycles. The summed E-state index contributed by atoms with van der Waals surface area (Å²) in [7, 11) is 3.42. The molecule has 0 saturated carbocycles. The number of rotatable bonds is 6. The fourth-order valence-electron chi connectivity index (χ4n) is 3.74. The number of ether oxygens (including phenoxy) is 1. The summed E-state index contributed by atoms with van der Waals surface area (Å²) in [4.78, 5) is 13.3. The van der Waals surface area contributed by atoms with Gasteiger partial charge in [-0.1, -0.05) is 32.0 Å². The van der Waals surface area contributed by atoms with Crippen molar-refractivity contribution in [3.05, 3.63) is 59.4 Å². The largest absolute Gasteiger partial charge is 0.496 e. The van der Waals surface area contributed by atoms with Crippen LogP contribution in [0.25, 0.3) is 22.2 Å². The van der Waals surface area contributed by atoms with Crippen molar-refractivity contribution in [3.63, 3.8) is 0 Å². The summed E-state index contributed by atoms with van der Waals surface area (Å²) in [5.41, 5.74) is 6.00. The summed E-state index contributed by atoms with van der Waals surface area (Å²) < 4.78 is 7.24. The first-order chi connectivity index (χ1) is 14.5. The molecule has 2 aromatic heterocycles. The number of H-pyrrole nitrogens is 1. The van der Waals surface area contributed by atoms with Crippen molar-refractivity contribution < 1.29 is 9.53 Å². The second kappa shape index (κ2) is 8.02. The highest BCUT2D eigenvalue weighted by Gasteiger charge is 2.20. The molecule has 0 aliphatic heterocycles. The Balaban J connectivity index is 1.79. The van der Waals surface area contributed by atoms with E-state index in [4.69, 9.17) is 4.74 Å². The van der Waals surface area contributed by atoms with Gasteiger partial charge in [0.05, 0.1) is 24.4 Å². The van der Waals surface area contributed by atoms with E-state index in [0.717, 1.165) is 51.8 Å². The number of amides is 1. The van der Waals surface area contributed by atoms with Crippen molar-refractivity contribution in [1.29, 1.82) is 0 Å². The highest BCUT2D eigenvalue weighted by atomic mass is 16.5. The van der Waals surface area contributed by atoms with Crippen molar-refractivity contribution in [1.82, 2.24) is 20.0 Å². The number of fused-ring (bicyclic) bond motifs is 1. The highest BCUT2D eigenvalue weighted by Crippen LogP contribution is 2.32. The number of carbonyl (C=O) groups excluding carboxylic acids is 1. The maximum absolute atomic E-state index is 13.3. The maximum Gasteiger partial charge on any atom is 0.259 e. The maximum atomic E-state index is 13.3. The molecule has 0 fully saturated rings. The van der Waals surface area contributed by atoms with E-state index in [0.29, 0.717) is 11.3 Å². The van der Waals surface area contributed by atoms with E-state index >= 15 is 0 Å². The quantitative estimate of drug-likeness (QED) is 0.501. The van der Waals surface area contributed by atoms with Crippen LogP contribution in [0.15, 0.2) is 42.7 Å². The van der Waals surface area contributed by atoms with E-state index in [9.17, 15) is 4.79 Å². The number of hydrogen-bond donors (Lipinski definition) is 2. The number of nitrogens with one attached hydrogen (secondary N) is 2. The molecule has 7 nitrogen and oxygen atoms in total. The Hall–Kier alpha value is -3.61. The molecule has 0 bridgehead atoms. The minimum Gasteiger partial charge on any atom is -0.496 e. The SMILES string of the molecule is CCc1cccc(CC)c1NC(=O)c1cc2c(-c3cnn(C)c3)n[nH]c2cc1OC. The first-order valence-electron chi connectivity index (χ1n) is 10.0. The third-order valence-corrected chi connectivity index (χ3v) is 5.34. The average molecular weight is 403 g/mol. The molecule has 0 aliphatic carbocycles. The lowest BCUT2D eigenvalue weighted by Crippen LogP contribution is -2.16. The van der Waals surface area contributed by atoms with Gasteiger partial charge in [0, 0.05) is 35.9 Å². The van der Waals surface area contributed by atoms with Crippen LogP contribution in [-0.2, 0) is 19.9 Å². The Kier molecular flexibility index (Phi) is 5.27. The number of carbonyl (C=O) groups is 1. The van der Waals surface area contributed by atoms with Gasteiger partial charge < -0.3 is 10.1 Å². The number of methoxy groups -OCH3 is 1. The molecule has 154 valence electrons. The average Bonchev–Trinajstić information content (AvgIpc) is 3.38. The smallest absolute Gasteiger partial charge is 0.259 e. The normalized spacial score (nSPS) is 11.1. The molecule has 2 N–H and O–H groups in total. The van der Waals surface area contributed by atoms with Crippen LogP contribution in [0.1, 0.15) is 35.3 Å². The lowest BCUT2D eigenvalue weighted by molar-refractivity contribution is 0.102. The topological polar surface area (TPSA) is 84.8 Å². The van der Waals surface area contributed by atoms with Gasteiger partial charge in [0.1, 0.15) is 11.4 Å². The molecule has 7 heteroatoms. The molecular weight excluding hydrogens is 378 g/mol. The van der Waals surface area contributed by atoms with Gasteiger partial charge in [-0.3, -0.25) is 14.6 Å². The van der Waals surface area contributed by atoms with Gasteiger partial charge in [-0.05, 0) is 30.0 Å². The highest BCUT2D eigenvalue weighted by molar-refractivity contribution is 6.10. The molecule has 0 aliphatic rings. The van der Waals surface area contributed by atoms with E-state index < -0.39 is 0 Å². The van der Waals surface area contributed by atoms with Gasteiger partial charge in [-0.15, -0.1) is 0 Å². The van der Waals surface area contributed by atoms with Crippen LogP contribution in [0.5, 0.6) is 5.75 Å². The second-order valence-corrected chi connectivity index (χ2v) is 7.19. The van der Waals surface area contributed by atoms with Crippen molar-refractivity contribution in [2.75, 3.05) is 12.4 Å². The Morgan fingerprint density at radius 1 is 1.20 bits per heavy atom. The standard InChI is InChI=1S/C23H25N5O2/c1-5-14-8-7-9-15(6-2)21(14)25-23(29)18-10-17-19(11-20(18)30-4)26-27-22(17)16-12-24-28(3)13-16/h7-13H,5-6H2,1-4H3,(H,25,29)(H,26,27). The molecule has 4 rings (SSSR count). The molecule has 0 radical (unpaired) electrons. The lowest BCUT2D eigenvalue weighted by atomic mass is 10.0. The molecule has 30 heavy (non-hydrogen) atoms. The summed E-state index contributed by atoms with van der Waals surface area (Å²) >= 11 is 0. The van der Waals surface area contributed by atoms with Crippen LogP contribution in [0.3, 0.4) is 0 Å². The molecule has 2 aromatic carbocycles.